The fourth-order valence-electron chi connectivity index (χ4n) is 3.51. The zero-order valence-corrected chi connectivity index (χ0v) is 15.3. The molecule has 0 spiro atoms. The van der Waals surface area contributed by atoms with Crippen molar-refractivity contribution in [1.82, 2.24) is 10.2 Å². The largest absolute Gasteiger partial charge is 0.496 e. The van der Waals surface area contributed by atoms with E-state index in [2.05, 4.69) is 40.2 Å². The highest BCUT2D eigenvalue weighted by molar-refractivity contribution is 7.99. The lowest BCUT2D eigenvalue weighted by Gasteiger charge is -2.43. The maximum absolute atomic E-state index is 5.53. The van der Waals surface area contributed by atoms with Gasteiger partial charge in [0, 0.05) is 43.0 Å². The number of morpholine rings is 1. The molecule has 2 saturated heterocycles. The van der Waals surface area contributed by atoms with E-state index >= 15 is 0 Å². The van der Waals surface area contributed by atoms with Crippen LogP contribution in [-0.2, 0) is 4.74 Å². The molecule has 0 aliphatic carbocycles. The second-order valence-corrected chi connectivity index (χ2v) is 7.51. The monoisotopic (exact) mass is 348 g/mol. The number of hydrogen-bond donors (Lipinski definition) is 1. The van der Waals surface area contributed by atoms with Gasteiger partial charge in [-0.15, -0.1) is 0 Å². The minimum absolute atomic E-state index is 0.312. The van der Waals surface area contributed by atoms with Gasteiger partial charge in [-0.25, -0.2) is 0 Å². The number of benzene rings is 1. The Bertz CT molecular complexity index is 538. The van der Waals surface area contributed by atoms with Gasteiger partial charge in [0.25, 0.3) is 0 Å². The van der Waals surface area contributed by atoms with Crippen molar-refractivity contribution < 1.29 is 9.47 Å². The zero-order chi connectivity index (χ0) is 16.7. The highest BCUT2D eigenvalue weighted by Gasteiger charge is 2.40. The topological polar surface area (TPSA) is 33.7 Å². The third-order valence-electron chi connectivity index (χ3n) is 4.92. The molecule has 132 valence electrons. The van der Waals surface area contributed by atoms with Crippen LogP contribution in [0.2, 0.25) is 0 Å². The normalized spacial score (nSPS) is 25.4. The second-order valence-electron chi connectivity index (χ2n) is 6.40. The molecule has 0 aromatic heterocycles. The minimum Gasteiger partial charge on any atom is -0.496 e. The average Bonchev–Trinajstić information content (AvgIpc) is 3.13. The van der Waals surface area contributed by atoms with Gasteiger partial charge in [0.05, 0.1) is 20.3 Å². The van der Waals surface area contributed by atoms with E-state index in [0.717, 1.165) is 50.7 Å². The fourth-order valence-corrected chi connectivity index (χ4v) is 4.99. The minimum atomic E-state index is 0.312. The molecule has 2 fully saturated rings. The number of para-hydroxylation sites is 1. The van der Waals surface area contributed by atoms with Crippen LogP contribution < -0.4 is 10.1 Å². The molecule has 1 atom stereocenters. The highest BCUT2D eigenvalue weighted by atomic mass is 32.2. The van der Waals surface area contributed by atoms with Crippen LogP contribution in [0, 0.1) is 0 Å². The Kier molecular flexibility index (Phi) is 6.60. The van der Waals surface area contributed by atoms with Crippen LogP contribution in [-0.4, -0.2) is 68.4 Å². The zero-order valence-electron chi connectivity index (χ0n) is 14.5. The summed E-state index contributed by atoms with van der Waals surface area (Å²) in [5.41, 5.74) is 1.44. The molecule has 1 N–H and O–H groups in total. The summed E-state index contributed by atoms with van der Waals surface area (Å²) >= 11 is 2.08. The van der Waals surface area contributed by atoms with Crippen molar-refractivity contribution in [1.29, 1.82) is 0 Å². The standard InChI is InChI=1S/C19H28N2O2S/c1-22-18-7-3-2-5-17(18)6-4-9-20-15-19(8-14-24-16-19)21-10-12-23-13-11-21/h2-7,20H,8-16H2,1H3/b6-4+. The van der Waals surface area contributed by atoms with Crippen molar-refractivity contribution in [3.8, 4) is 5.75 Å². The van der Waals surface area contributed by atoms with Gasteiger partial charge in [0.2, 0.25) is 0 Å². The number of hydrogen-bond acceptors (Lipinski definition) is 5. The van der Waals surface area contributed by atoms with E-state index in [1.807, 2.05) is 18.2 Å². The first-order chi connectivity index (χ1) is 11.8. The third kappa shape index (κ3) is 4.33. The lowest BCUT2D eigenvalue weighted by Crippen LogP contribution is -2.58. The van der Waals surface area contributed by atoms with Gasteiger partial charge in [-0.2, -0.15) is 11.8 Å². The maximum atomic E-state index is 5.53. The number of nitrogens with one attached hydrogen (secondary N) is 1. The predicted octanol–water partition coefficient (Wildman–Crippen LogP) is 2.51. The Morgan fingerprint density at radius 3 is 2.92 bits per heavy atom. The van der Waals surface area contributed by atoms with Crippen LogP contribution >= 0.6 is 11.8 Å². The van der Waals surface area contributed by atoms with Crippen molar-refractivity contribution in [3.05, 3.63) is 35.9 Å². The number of ether oxygens (including phenoxy) is 2. The molecule has 1 aromatic carbocycles. The van der Waals surface area contributed by atoms with Gasteiger partial charge >= 0.3 is 0 Å². The van der Waals surface area contributed by atoms with E-state index in [4.69, 9.17) is 9.47 Å². The molecule has 5 heteroatoms. The fraction of sp³-hybridized carbons (Fsp3) is 0.579. The van der Waals surface area contributed by atoms with Crippen LogP contribution in [0.15, 0.2) is 30.3 Å². The molecular weight excluding hydrogens is 320 g/mol. The molecule has 3 rings (SSSR count). The van der Waals surface area contributed by atoms with Crippen molar-refractivity contribution >= 4 is 17.8 Å². The molecule has 2 heterocycles. The molecular formula is C19H28N2O2S. The molecule has 2 aliphatic heterocycles. The summed E-state index contributed by atoms with van der Waals surface area (Å²) < 4.78 is 10.9. The van der Waals surface area contributed by atoms with Gasteiger partial charge in [-0.3, -0.25) is 4.90 Å². The summed E-state index contributed by atoms with van der Waals surface area (Å²) in [7, 11) is 1.72. The van der Waals surface area contributed by atoms with E-state index in [-0.39, 0.29) is 0 Å². The lowest BCUT2D eigenvalue weighted by molar-refractivity contribution is -0.0130. The first kappa shape index (κ1) is 17.8. The Morgan fingerprint density at radius 1 is 1.33 bits per heavy atom. The van der Waals surface area contributed by atoms with E-state index < -0.39 is 0 Å². The molecule has 0 amide bonds. The number of thioether (sulfide) groups is 1. The van der Waals surface area contributed by atoms with E-state index in [0.29, 0.717) is 5.54 Å². The summed E-state index contributed by atoms with van der Waals surface area (Å²) in [6.45, 7) is 5.82. The first-order valence-corrected chi connectivity index (χ1v) is 9.90. The van der Waals surface area contributed by atoms with Crippen molar-refractivity contribution in [2.75, 3.05) is 58.0 Å². The first-order valence-electron chi connectivity index (χ1n) is 8.75. The summed E-state index contributed by atoms with van der Waals surface area (Å²) in [6.07, 6.45) is 5.60. The number of nitrogens with zero attached hydrogens (tertiary/aromatic N) is 1. The van der Waals surface area contributed by atoms with Gasteiger partial charge in [0.1, 0.15) is 5.75 Å². The molecule has 2 aliphatic rings. The van der Waals surface area contributed by atoms with Gasteiger partial charge in [0.15, 0.2) is 0 Å². The van der Waals surface area contributed by atoms with Crippen LogP contribution in [0.4, 0.5) is 0 Å². The quantitative estimate of drug-likeness (QED) is 0.766. The highest BCUT2D eigenvalue weighted by Crippen LogP contribution is 2.33. The second kappa shape index (κ2) is 8.90. The summed E-state index contributed by atoms with van der Waals surface area (Å²) in [5, 5.41) is 3.65. The van der Waals surface area contributed by atoms with E-state index in [1.54, 1.807) is 7.11 Å². The van der Waals surface area contributed by atoms with Gasteiger partial charge < -0.3 is 14.8 Å². The SMILES string of the molecule is COc1ccccc1/C=C/CNCC1(N2CCOCC2)CCSC1. The van der Waals surface area contributed by atoms with E-state index in [1.165, 1.54) is 17.9 Å². The Hall–Kier alpha value is -1.01. The Balaban J connectivity index is 1.51. The molecule has 1 unspecified atom stereocenters. The molecule has 0 bridgehead atoms. The van der Waals surface area contributed by atoms with Crippen LogP contribution in [0.3, 0.4) is 0 Å². The predicted molar refractivity (Wildman–Crippen MR) is 102 cm³/mol. The van der Waals surface area contributed by atoms with Crippen LogP contribution in [0.25, 0.3) is 6.08 Å². The maximum Gasteiger partial charge on any atom is 0.126 e. The summed E-state index contributed by atoms with van der Waals surface area (Å²) in [6, 6.07) is 8.12. The summed E-state index contributed by atoms with van der Waals surface area (Å²) in [5.74, 6) is 3.43. The molecule has 0 saturated carbocycles. The Morgan fingerprint density at radius 2 is 2.17 bits per heavy atom. The number of rotatable bonds is 7. The number of methoxy groups -OCH3 is 1. The molecule has 0 radical (unpaired) electrons. The smallest absolute Gasteiger partial charge is 0.126 e. The Labute approximate surface area is 149 Å². The van der Waals surface area contributed by atoms with Gasteiger partial charge in [-0.1, -0.05) is 30.4 Å². The summed E-state index contributed by atoms with van der Waals surface area (Å²) in [4.78, 5) is 2.65. The average molecular weight is 349 g/mol. The van der Waals surface area contributed by atoms with Crippen molar-refractivity contribution in [3.63, 3.8) is 0 Å². The van der Waals surface area contributed by atoms with Crippen LogP contribution in [0.5, 0.6) is 5.75 Å². The molecule has 24 heavy (non-hydrogen) atoms. The third-order valence-corrected chi connectivity index (χ3v) is 6.15. The van der Waals surface area contributed by atoms with E-state index in [9.17, 15) is 0 Å². The molecule has 4 nitrogen and oxygen atoms in total. The lowest BCUT2D eigenvalue weighted by atomic mass is 9.95. The van der Waals surface area contributed by atoms with Crippen molar-refractivity contribution in [2.45, 2.75) is 12.0 Å². The van der Waals surface area contributed by atoms with Gasteiger partial charge in [-0.05, 0) is 18.2 Å². The van der Waals surface area contributed by atoms with Crippen molar-refractivity contribution in [2.24, 2.45) is 0 Å². The molecule has 1 aromatic rings. The van der Waals surface area contributed by atoms with Crippen LogP contribution in [0.1, 0.15) is 12.0 Å².